The molecule has 0 N–H and O–H groups in total. The number of anilines is 4. The van der Waals surface area contributed by atoms with Gasteiger partial charge in [-0.1, -0.05) is 220 Å². The molecule has 1 unspecified atom stereocenters. The van der Waals surface area contributed by atoms with Gasteiger partial charge in [-0.3, -0.25) is 0 Å². The van der Waals surface area contributed by atoms with Crippen molar-refractivity contribution < 1.29 is 0 Å². The molecule has 0 spiro atoms. The van der Waals surface area contributed by atoms with Crippen molar-refractivity contribution in [2.75, 3.05) is 16.3 Å². The van der Waals surface area contributed by atoms with Gasteiger partial charge in [0.15, 0.2) is 0 Å². The predicted molar refractivity (Wildman–Crippen MR) is 351 cm³/mol. The van der Waals surface area contributed by atoms with Crippen LogP contribution in [0.5, 0.6) is 0 Å². The summed E-state index contributed by atoms with van der Waals surface area (Å²) in [6, 6.07) is 88.1. The Morgan fingerprint density at radius 1 is 0.444 bits per heavy atom. The molecule has 1 aliphatic rings. The molecule has 0 radical (unpaired) electrons. The Labute approximate surface area is 472 Å². The van der Waals surface area contributed by atoms with Crippen LogP contribution in [0.1, 0.15) is 19.4 Å². The van der Waals surface area contributed by atoms with Crippen LogP contribution in [-0.4, -0.2) is 6.54 Å². The van der Waals surface area contributed by atoms with Gasteiger partial charge in [0.25, 0.3) is 0 Å². The minimum atomic E-state index is 0.370. The van der Waals surface area contributed by atoms with E-state index in [1.54, 1.807) is 0 Å². The molecule has 0 fully saturated rings. The van der Waals surface area contributed by atoms with E-state index in [2.05, 4.69) is 297 Å². The molecule has 0 saturated carbocycles. The zero-order valence-electron chi connectivity index (χ0n) is 45.6. The first-order valence-electron chi connectivity index (χ1n) is 28.5. The number of rotatable bonds is 11. The Kier molecular flexibility index (Phi) is 11.7. The van der Waals surface area contributed by atoms with Crippen LogP contribution >= 0.6 is 0 Å². The number of hydrogen-bond donors (Lipinski definition) is 0. The number of hydrogen-bond acceptors (Lipinski definition) is 2. The molecule has 2 heteroatoms. The molecule has 0 aromatic heterocycles. The largest absolute Gasteiger partial charge is 0.341 e. The molecule has 81 heavy (non-hydrogen) atoms. The van der Waals surface area contributed by atoms with E-state index < -0.39 is 0 Å². The first kappa shape index (κ1) is 48.1. The number of nitrogens with zero attached hydrogens (tertiary/aromatic N) is 2. The van der Waals surface area contributed by atoms with Gasteiger partial charge in [-0.25, -0.2) is 0 Å². The maximum absolute atomic E-state index is 4.47. The van der Waals surface area contributed by atoms with Gasteiger partial charge in [0.1, 0.15) is 0 Å². The van der Waals surface area contributed by atoms with Crippen molar-refractivity contribution in [3.63, 3.8) is 0 Å². The summed E-state index contributed by atoms with van der Waals surface area (Å²) in [4.78, 5) is 4.96. The average molecular weight is 1040 g/mol. The van der Waals surface area contributed by atoms with Gasteiger partial charge in [-0.15, -0.1) is 0 Å². The molecule has 0 heterocycles. The second-order valence-corrected chi connectivity index (χ2v) is 21.8. The third-order valence-electron chi connectivity index (χ3n) is 17.3. The highest BCUT2D eigenvalue weighted by Crippen LogP contribution is 2.55. The van der Waals surface area contributed by atoms with E-state index in [-0.39, 0.29) is 0 Å². The molecule has 14 aromatic carbocycles. The van der Waals surface area contributed by atoms with Crippen LogP contribution in [0.2, 0.25) is 0 Å². The Morgan fingerprint density at radius 2 is 0.975 bits per heavy atom. The molecule has 0 amide bonds. The van der Waals surface area contributed by atoms with E-state index in [1.165, 1.54) is 136 Å². The van der Waals surface area contributed by atoms with Gasteiger partial charge in [0, 0.05) is 34.7 Å². The summed E-state index contributed by atoms with van der Waals surface area (Å²) in [6.07, 6.45) is 14.4. The quantitative estimate of drug-likeness (QED) is 0.127. The van der Waals surface area contributed by atoms with Crippen molar-refractivity contribution in [1.82, 2.24) is 0 Å². The van der Waals surface area contributed by atoms with Crippen molar-refractivity contribution in [1.29, 1.82) is 0 Å². The number of para-hydroxylation sites is 2. The van der Waals surface area contributed by atoms with Gasteiger partial charge in [-0.05, 0) is 205 Å². The van der Waals surface area contributed by atoms with Crippen LogP contribution in [-0.2, 0) is 6.42 Å². The Hall–Kier alpha value is -10.0. The fraction of sp³-hybridized carbons (Fsp3) is 0.0633. The van der Waals surface area contributed by atoms with Gasteiger partial charge in [0.2, 0.25) is 0 Å². The summed E-state index contributed by atoms with van der Waals surface area (Å²) in [5.41, 5.74) is 13.3. The predicted octanol–water partition coefficient (Wildman–Crippen LogP) is 20.9. The second kappa shape index (κ2) is 19.7. The summed E-state index contributed by atoms with van der Waals surface area (Å²) >= 11 is 0. The van der Waals surface area contributed by atoms with Crippen molar-refractivity contribution >= 4 is 115 Å². The minimum Gasteiger partial charge on any atom is -0.341 e. The SMILES string of the molecule is C=C/C=c1\c2c(CCN(C3=C/C(=C/C)C(C)C=C3)c3ccccc3)cccc2c2c(-c3ccc4ccccc4c3)c3c4ccc(N(c5ccccc5)c5ccc6ccccc6c5)c5cccc(c3c(-c3ccc6ccccc6c3)c12)c54. The van der Waals surface area contributed by atoms with Crippen molar-refractivity contribution in [2.45, 2.75) is 20.3 Å². The standard InChI is InChI=1S/C79H58N2/c1-4-20-67-72-56(45-46-80(62-28-8-6-9-29-62)64-41-35-51(3)52(5-2)49-64)27-18-33-68(72)77-74(61-39-37-54-22-13-16-25-58(54)48-61)79-70-43-44-71(81(63-30-10-7-11-31-63)65-42-40-55-23-14-17-26-59(55)50-65)66-32-19-34-69(75(66)70)78(79)73(76(67)77)60-38-36-53-21-12-15-24-57(53)47-60/h4-44,47-51H,1,45-46H2,2-3H3/b52-5-,67-20+. The monoisotopic (exact) mass is 1030 g/mol. The molecular formula is C79H58N2. The van der Waals surface area contributed by atoms with E-state index >= 15 is 0 Å². The van der Waals surface area contributed by atoms with E-state index in [1.807, 2.05) is 6.08 Å². The fourth-order valence-corrected chi connectivity index (χ4v) is 13.6. The summed E-state index contributed by atoms with van der Waals surface area (Å²) in [7, 11) is 0. The van der Waals surface area contributed by atoms with Crippen LogP contribution in [0.15, 0.2) is 285 Å². The molecular weight excluding hydrogens is 977 g/mol. The van der Waals surface area contributed by atoms with E-state index in [0.29, 0.717) is 5.92 Å². The Morgan fingerprint density at radius 3 is 1.62 bits per heavy atom. The van der Waals surface area contributed by atoms with Crippen LogP contribution < -0.4 is 15.0 Å². The van der Waals surface area contributed by atoms with Crippen molar-refractivity contribution in [2.24, 2.45) is 5.92 Å². The zero-order chi connectivity index (χ0) is 54.1. The molecule has 1 aliphatic carbocycles. The summed E-state index contributed by atoms with van der Waals surface area (Å²) in [6.45, 7) is 9.70. The van der Waals surface area contributed by atoms with Crippen LogP contribution in [0.4, 0.5) is 22.7 Å². The lowest BCUT2D eigenvalue weighted by atomic mass is 9.86. The molecule has 0 saturated heterocycles. The molecule has 0 bridgehead atoms. The maximum Gasteiger partial charge on any atom is 0.0540 e. The van der Waals surface area contributed by atoms with Gasteiger partial charge >= 0.3 is 0 Å². The number of benzene rings is 12. The van der Waals surface area contributed by atoms with E-state index in [0.717, 1.165) is 30.0 Å². The third-order valence-corrected chi connectivity index (χ3v) is 17.3. The lowest BCUT2D eigenvalue weighted by Gasteiger charge is -2.29. The highest BCUT2D eigenvalue weighted by atomic mass is 15.1. The summed E-state index contributed by atoms with van der Waals surface area (Å²) < 4.78 is 0. The van der Waals surface area contributed by atoms with E-state index in [9.17, 15) is 0 Å². The lowest BCUT2D eigenvalue weighted by Crippen LogP contribution is -2.26. The normalized spacial score (nSPS) is 14.4. The molecule has 2 nitrogen and oxygen atoms in total. The molecule has 0 aliphatic heterocycles. The smallest absolute Gasteiger partial charge is 0.0540 e. The number of allylic oxidation sites excluding steroid dienone is 6. The average Bonchev–Trinajstić information content (AvgIpc) is 4.25. The number of fused-ring (bicyclic) bond motifs is 9. The van der Waals surface area contributed by atoms with Gasteiger partial charge in [0.05, 0.1) is 5.69 Å². The first-order chi connectivity index (χ1) is 40.0. The Balaban J connectivity index is 1.07. The van der Waals surface area contributed by atoms with Gasteiger partial charge in [-0.2, -0.15) is 0 Å². The van der Waals surface area contributed by atoms with Gasteiger partial charge < -0.3 is 9.80 Å². The van der Waals surface area contributed by atoms with Crippen LogP contribution in [0.25, 0.3) is 115 Å². The molecule has 384 valence electrons. The topological polar surface area (TPSA) is 6.48 Å². The molecule has 14 aromatic rings. The highest BCUT2D eigenvalue weighted by Gasteiger charge is 2.29. The second-order valence-electron chi connectivity index (χ2n) is 21.8. The van der Waals surface area contributed by atoms with Crippen LogP contribution in [0, 0.1) is 5.92 Å². The Bertz CT molecular complexity index is 4980. The highest BCUT2D eigenvalue weighted by molar-refractivity contribution is 6.43. The third kappa shape index (κ3) is 7.93. The molecule has 15 rings (SSSR count). The zero-order valence-corrected chi connectivity index (χ0v) is 45.6. The first-order valence-corrected chi connectivity index (χ1v) is 28.5. The van der Waals surface area contributed by atoms with E-state index in [4.69, 9.17) is 0 Å². The maximum atomic E-state index is 4.47. The summed E-state index contributed by atoms with van der Waals surface area (Å²) in [5.74, 6) is 0.370. The van der Waals surface area contributed by atoms with Crippen molar-refractivity contribution in [3.05, 3.63) is 296 Å². The van der Waals surface area contributed by atoms with Crippen LogP contribution in [0.3, 0.4) is 0 Å². The fourth-order valence-electron chi connectivity index (χ4n) is 13.6. The lowest BCUT2D eigenvalue weighted by molar-refractivity contribution is 0.841. The molecule has 1 atom stereocenters. The van der Waals surface area contributed by atoms with Crippen molar-refractivity contribution in [3.8, 4) is 22.3 Å². The minimum absolute atomic E-state index is 0.370. The summed E-state index contributed by atoms with van der Waals surface area (Å²) in [5, 5.41) is 21.1.